The average Bonchev–Trinajstić information content (AvgIpc) is 2.49. The molecule has 0 saturated carbocycles. The summed E-state index contributed by atoms with van der Waals surface area (Å²) in [7, 11) is 1.71. The summed E-state index contributed by atoms with van der Waals surface area (Å²) in [6.07, 6.45) is 0. The fourth-order valence-electron chi connectivity index (χ4n) is 0.810. The van der Waals surface area contributed by atoms with Gasteiger partial charge in [-0.2, -0.15) is 0 Å². The molecule has 0 saturated heterocycles. The maximum absolute atomic E-state index is 11.6. The molecule has 5 heteroatoms. The van der Waals surface area contributed by atoms with E-state index >= 15 is 0 Å². The molecule has 1 rings (SSSR count). The highest BCUT2D eigenvalue weighted by Gasteiger charge is 2.15. The zero-order valence-corrected chi connectivity index (χ0v) is 8.64. The zero-order chi connectivity index (χ0) is 10.0. The second kappa shape index (κ2) is 3.74. The van der Waals surface area contributed by atoms with Crippen LogP contribution in [0.15, 0.2) is 10.2 Å². The van der Waals surface area contributed by atoms with Crippen molar-refractivity contribution in [2.24, 2.45) is 0 Å². The molecule has 1 N–H and O–H groups in total. The third-order valence-electron chi connectivity index (χ3n) is 1.85. The van der Waals surface area contributed by atoms with Crippen LogP contribution in [0.5, 0.6) is 0 Å². The van der Waals surface area contributed by atoms with E-state index in [4.69, 9.17) is 0 Å². The molecule has 0 aromatic carbocycles. The first-order chi connectivity index (χ1) is 6.02. The summed E-state index contributed by atoms with van der Waals surface area (Å²) >= 11 is 1.00. The molecule has 1 heterocycles. The minimum Gasteiger partial charge on any atom is -0.338 e. The molecule has 0 radical (unpaired) electrons. The quantitative estimate of drug-likeness (QED) is 0.771. The van der Waals surface area contributed by atoms with Crippen molar-refractivity contribution < 1.29 is 4.79 Å². The number of H-pyrrole nitrogens is 1. The van der Waals surface area contributed by atoms with Crippen molar-refractivity contribution >= 4 is 17.2 Å². The van der Waals surface area contributed by atoms with Gasteiger partial charge in [-0.3, -0.25) is 9.59 Å². The van der Waals surface area contributed by atoms with Crippen LogP contribution in [-0.4, -0.2) is 28.9 Å². The number of hydrogen-bond donors (Lipinski definition) is 1. The summed E-state index contributed by atoms with van der Waals surface area (Å²) in [6.45, 7) is 3.84. The highest BCUT2D eigenvalue weighted by atomic mass is 32.1. The van der Waals surface area contributed by atoms with Gasteiger partial charge in [0.2, 0.25) is 0 Å². The van der Waals surface area contributed by atoms with Gasteiger partial charge in [0.05, 0.1) is 0 Å². The normalized spacial score (nSPS) is 10.5. The Kier molecular flexibility index (Phi) is 2.87. The zero-order valence-electron chi connectivity index (χ0n) is 7.83. The van der Waals surface area contributed by atoms with Gasteiger partial charge in [0.25, 0.3) is 5.91 Å². The molecule has 1 aromatic heterocycles. The highest BCUT2D eigenvalue weighted by Crippen LogP contribution is 2.03. The number of aromatic amines is 1. The van der Waals surface area contributed by atoms with Gasteiger partial charge in [-0.15, -0.1) is 0 Å². The Bertz CT molecular complexity index is 353. The molecule has 0 fully saturated rings. The second-order valence-electron chi connectivity index (χ2n) is 3.07. The lowest BCUT2D eigenvalue weighted by atomic mass is 10.3. The lowest BCUT2D eigenvalue weighted by molar-refractivity contribution is 0.0749. The molecule has 72 valence electrons. The van der Waals surface area contributed by atoms with Crippen molar-refractivity contribution in [3.63, 3.8) is 0 Å². The van der Waals surface area contributed by atoms with Crippen molar-refractivity contribution in [3.8, 4) is 0 Å². The van der Waals surface area contributed by atoms with Crippen LogP contribution in [0.1, 0.15) is 24.3 Å². The molecule has 0 aliphatic rings. The Labute approximate surface area is 80.2 Å². The first-order valence-corrected chi connectivity index (χ1v) is 4.85. The molecule has 1 aromatic rings. The van der Waals surface area contributed by atoms with E-state index in [-0.39, 0.29) is 16.8 Å². The SMILES string of the molecule is CC(C)N(C)C(=O)c1csc(=O)[nH]1. The van der Waals surface area contributed by atoms with Crippen molar-refractivity contribution in [2.45, 2.75) is 19.9 Å². The van der Waals surface area contributed by atoms with Crippen LogP contribution in [0, 0.1) is 0 Å². The monoisotopic (exact) mass is 200 g/mol. The molecule has 0 aliphatic carbocycles. The molecule has 0 bridgehead atoms. The van der Waals surface area contributed by atoms with Gasteiger partial charge in [0, 0.05) is 18.5 Å². The Morgan fingerprint density at radius 3 is 2.62 bits per heavy atom. The molecule has 0 aliphatic heterocycles. The first-order valence-electron chi connectivity index (χ1n) is 3.97. The number of thiazole rings is 1. The summed E-state index contributed by atoms with van der Waals surface area (Å²) in [4.78, 5) is 26.2. The van der Waals surface area contributed by atoms with Crippen LogP contribution >= 0.6 is 11.3 Å². The molecule has 0 atom stereocenters. The van der Waals surface area contributed by atoms with E-state index in [1.807, 2.05) is 13.8 Å². The van der Waals surface area contributed by atoms with E-state index in [0.717, 1.165) is 11.3 Å². The van der Waals surface area contributed by atoms with Gasteiger partial charge in [-0.1, -0.05) is 11.3 Å². The summed E-state index contributed by atoms with van der Waals surface area (Å²) in [5, 5.41) is 1.55. The van der Waals surface area contributed by atoms with E-state index < -0.39 is 0 Å². The van der Waals surface area contributed by atoms with Gasteiger partial charge in [-0.25, -0.2) is 0 Å². The third kappa shape index (κ3) is 2.18. The van der Waals surface area contributed by atoms with E-state index in [9.17, 15) is 9.59 Å². The second-order valence-corrected chi connectivity index (χ2v) is 3.91. The number of nitrogens with one attached hydrogen (secondary N) is 1. The van der Waals surface area contributed by atoms with Gasteiger partial charge in [0.1, 0.15) is 5.69 Å². The van der Waals surface area contributed by atoms with Gasteiger partial charge in [-0.05, 0) is 13.8 Å². The van der Waals surface area contributed by atoms with Crippen LogP contribution < -0.4 is 4.87 Å². The van der Waals surface area contributed by atoms with Crippen molar-refractivity contribution in [1.82, 2.24) is 9.88 Å². The molecule has 4 nitrogen and oxygen atoms in total. The minimum atomic E-state index is -0.194. The molecule has 0 spiro atoms. The Morgan fingerprint density at radius 2 is 2.23 bits per heavy atom. The topological polar surface area (TPSA) is 53.2 Å². The fraction of sp³-hybridized carbons (Fsp3) is 0.500. The van der Waals surface area contributed by atoms with E-state index in [1.54, 1.807) is 17.3 Å². The number of carbonyl (C=O) groups is 1. The number of nitrogens with zero attached hydrogens (tertiary/aromatic N) is 1. The van der Waals surface area contributed by atoms with E-state index in [2.05, 4.69) is 4.98 Å². The maximum atomic E-state index is 11.6. The number of rotatable bonds is 2. The van der Waals surface area contributed by atoms with E-state index in [0.29, 0.717) is 5.69 Å². The standard InChI is InChI=1S/C8H12N2O2S/c1-5(2)10(3)7(11)6-4-13-8(12)9-6/h4-5H,1-3H3,(H,9,12). The molecular formula is C8H12N2O2S. The summed E-state index contributed by atoms with van der Waals surface area (Å²) < 4.78 is 0. The molecular weight excluding hydrogens is 188 g/mol. The largest absolute Gasteiger partial charge is 0.338 e. The smallest absolute Gasteiger partial charge is 0.305 e. The van der Waals surface area contributed by atoms with Gasteiger partial charge >= 0.3 is 4.87 Å². The lowest BCUT2D eigenvalue weighted by Crippen LogP contribution is -2.33. The van der Waals surface area contributed by atoms with Crippen LogP contribution in [-0.2, 0) is 0 Å². The van der Waals surface area contributed by atoms with E-state index in [1.165, 1.54) is 0 Å². The molecule has 0 unspecified atom stereocenters. The van der Waals surface area contributed by atoms with Crippen LogP contribution in [0.4, 0.5) is 0 Å². The third-order valence-corrected chi connectivity index (χ3v) is 2.52. The van der Waals surface area contributed by atoms with Crippen LogP contribution in [0.3, 0.4) is 0 Å². The summed E-state index contributed by atoms with van der Waals surface area (Å²) in [5.74, 6) is -0.145. The van der Waals surface area contributed by atoms with Crippen molar-refractivity contribution in [2.75, 3.05) is 7.05 Å². The molecule has 1 amide bonds. The number of aromatic nitrogens is 1. The Hall–Kier alpha value is -1.10. The Morgan fingerprint density at radius 1 is 1.62 bits per heavy atom. The number of carbonyl (C=O) groups excluding carboxylic acids is 1. The van der Waals surface area contributed by atoms with Crippen LogP contribution in [0.25, 0.3) is 0 Å². The van der Waals surface area contributed by atoms with Crippen LogP contribution in [0.2, 0.25) is 0 Å². The van der Waals surface area contributed by atoms with Gasteiger partial charge in [0.15, 0.2) is 0 Å². The summed E-state index contributed by atoms with van der Waals surface area (Å²) in [5.41, 5.74) is 0.367. The predicted octanol–water partition coefficient (Wildman–Crippen LogP) is 0.917. The number of hydrogen-bond acceptors (Lipinski definition) is 3. The molecule has 13 heavy (non-hydrogen) atoms. The fourth-order valence-corrected chi connectivity index (χ4v) is 1.36. The minimum absolute atomic E-state index is 0.135. The number of amides is 1. The lowest BCUT2D eigenvalue weighted by Gasteiger charge is -2.20. The van der Waals surface area contributed by atoms with Crippen molar-refractivity contribution in [1.29, 1.82) is 0 Å². The first kappa shape index (κ1) is 9.98. The van der Waals surface area contributed by atoms with Crippen molar-refractivity contribution in [3.05, 3.63) is 20.7 Å². The predicted molar refractivity (Wildman–Crippen MR) is 52.2 cm³/mol. The highest BCUT2D eigenvalue weighted by molar-refractivity contribution is 7.07. The maximum Gasteiger partial charge on any atom is 0.305 e. The van der Waals surface area contributed by atoms with Gasteiger partial charge < -0.3 is 9.88 Å². The summed E-state index contributed by atoms with van der Waals surface area (Å²) in [6, 6.07) is 0.135. The average molecular weight is 200 g/mol. The Balaban J connectivity index is 2.85.